The van der Waals surface area contributed by atoms with E-state index in [0.717, 1.165) is 89.9 Å². The molecule has 89 heavy (non-hydrogen) atoms. The number of carbonyl (C=O) groups is 3. The van der Waals surface area contributed by atoms with Gasteiger partial charge in [-0.1, -0.05) is 309 Å². The van der Waals surface area contributed by atoms with Gasteiger partial charge in [0.05, 0.1) is 34.4 Å². The van der Waals surface area contributed by atoms with Crippen LogP contribution in [0.1, 0.15) is 309 Å². The number of rotatable bonds is 67. The fourth-order valence-electron chi connectivity index (χ4n) is 10.1. The van der Waals surface area contributed by atoms with Gasteiger partial charge in [-0.05, 0) is 109 Å². The maximum Gasteiger partial charge on any atom is 0.361 e. The molecule has 0 heterocycles. The molecular formula is C80H138NO8+. The number of ether oxygens (including phenoxy) is 4. The van der Waals surface area contributed by atoms with E-state index < -0.39 is 24.3 Å². The molecule has 0 bridgehead atoms. The molecule has 0 saturated carbocycles. The van der Waals surface area contributed by atoms with Gasteiger partial charge < -0.3 is 28.5 Å². The average molecular weight is 1240 g/mol. The molecule has 9 nitrogen and oxygen atoms in total. The van der Waals surface area contributed by atoms with Crippen LogP contribution in [0.4, 0.5) is 0 Å². The predicted octanol–water partition coefficient (Wildman–Crippen LogP) is 23.1. The van der Waals surface area contributed by atoms with Crippen LogP contribution in [0, 0.1) is 0 Å². The Hall–Kier alpha value is -4.31. The number of hydrogen-bond donors (Lipinski definition) is 1. The molecule has 1 N–H and O–H groups in total. The van der Waals surface area contributed by atoms with Gasteiger partial charge in [-0.3, -0.25) is 9.59 Å². The number of quaternary nitrogens is 1. The van der Waals surface area contributed by atoms with Crippen molar-refractivity contribution in [2.45, 2.75) is 322 Å². The van der Waals surface area contributed by atoms with E-state index in [2.05, 4.69) is 135 Å². The molecule has 9 heteroatoms. The number of nitrogens with zero attached hydrogens (tertiary/aromatic N) is 1. The zero-order valence-electron chi connectivity index (χ0n) is 58.3. The molecule has 0 fully saturated rings. The number of hydrogen-bond acceptors (Lipinski definition) is 7. The number of carbonyl (C=O) groups excluding carboxylic acids is 2. The molecule has 0 aromatic heterocycles. The van der Waals surface area contributed by atoms with Gasteiger partial charge in [0.25, 0.3) is 6.29 Å². The standard InChI is InChI=1S/C80H137NO8/c1-6-8-10-12-14-16-18-20-22-24-26-28-30-32-33-34-35-36-37-38-39-40-41-42-43-44-45-47-49-51-53-55-57-59-61-63-65-67-69-71-78(83)89-76(75-88-80(79(84)85)86-73-72-81(3,4)5)74-87-77(82)70-68-66-64-62-60-58-56-54-52-50-48-46-31-29-27-25-23-21-19-17-15-13-11-9-7-2/h8,10,14,16,19-22,25-28,32-33,35-36,38-39,41-42,76,80H,6-7,9,11-13,15,17-18,23-24,29-31,34,37,40,43-75H2,1-5H3/p+1/b10-8-,16-14-,21-19-,22-20-,27-25-,28-26-,33-32-,36-35-,39-38-,42-41-. The van der Waals surface area contributed by atoms with Crippen LogP contribution in [-0.2, 0) is 33.3 Å². The summed E-state index contributed by atoms with van der Waals surface area (Å²) in [5.41, 5.74) is 0. The molecule has 0 spiro atoms. The normalized spacial score (nSPS) is 13.4. The second kappa shape index (κ2) is 69.6. The number of esters is 2. The number of carboxylic acid groups (broad SMARTS) is 1. The first-order chi connectivity index (χ1) is 43.6. The van der Waals surface area contributed by atoms with Crippen LogP contribution >= 0.6 is 0 Å². The molecule has 0 rings (SSSR count). The van der Waals surface area contributed by atoms with Crippen molar-refractivity contribution >= 4 is 17.9 Å². The van der Waals surface area contributed by atoms with Gasteiger partial charge >= 0.3 is 17.9 Å². The third-order valence-corrected chi connectivity index (χ3v) is 15.7. The summed E-state index contributed by atoms with van der Waals surface area (Å²) in [5, 5.41) is 9.76. The van der Waals surface area contributed by atoms with Crippen LogP contribution in [-0.4, -0.2) is 87.4 Å². The SMILES string of the molecule is CC/C=C\C/C=C\C/C=C\C/C=C\C/C=C\C/C=C\C/C=C\C/C=C\CCCCCCCCCCCCCCCCC(=O)OC(COC(=O)CCCCCCCCCCCCCCC/C=C\C/C=C\CCCCCCC)COC(OCC[N+](C)(C)C)C(=O)O. The number of unbranched alkanes of at least 4 members (excludes halogenated alkanes) is 32. The number of carboxylic acids is 1. The highest BCUT2D eigenvalue weighted by molar-refractivity contribution is 5.71. The van der Waals surface area contributed by atoms with Crippen LogP contribution in [0.15, 0.2) is 122 Å². The zero-order chi connectivity index (χ0) is 64.7. The van der Waals surface area contributed by atoms with Crippen LogP contribution < -0.4 is 0 Å². The van der Waals surface area contributed by atoms with E-state index >= 15 is 0 Å². The summed E-state index contributed by atoms with van der Waals surface area (Å²) in [6, 6.07) is 0. The highest BCUT2D eigenvalue weighted by Crippen LogP contribution is 2.17. The summed E-state index contributed by atoms with van der Waals surface area (Å²) < 4.78 is 23.0. The van der Waals surface area contributed by atoms with E-state index in [-0.39, 0.29) is 32.2 Å². The Morgan fingerprint density at radius 3 is 0.955 bits per heavy atom. The van der Waals surface area contributed by atoms with Crippen molar-refractivity contribution in [3.05, 3.63) is 122 Å². The zero-order valence-corrected chi connectivity index (χ0v) is 58.3. The van der Waals surface area contributed by atoms with Crippen molar-refractivity contribution in [3.8, 4) is 0 Å². The first-order valence-corrected chi connectivity index (χ1v) is 36.7. The van der Waals surface area contributed by atoms with E-state index in [4.69, 9.17) is 18.9 Å². The van der Waals surface area contributed by atoms with Gasteiger partial charge in [-0.25, -0.2) is 4.79 Å². The second-order valence-corrected chi connectivity index (χ2v) is 25.5. The van der Waals surface area contributed by atoms with Crippen molar-refractivity contribution in [2.24, 2.45) is 0 Å². The summed E-state index contributed by atoms with van der Waals surface area (Å²) in [6.45, 7) is 4.77. The topological polar surface area (TPSA) is 108 Å². The third kappa shape index (κ3) is 71.0. The van der Waals surface area contributed by atoms with E-state index in [9.17, 15) is 19.5 Å². The molecule has 0 amide bonds. The molecule has 0 radical (unpaired) electrons. The summed E-state index contributed by atoms with van der Waals surface area (Å²) in [7, 11) is 5.98. The minimum Gasteiger partial charge on any atom is -0.477 e. The van der Waals surface area contributed by atoms with E-state index in [1.165, 1.54) is 186 Å². The first-order valence-electron chi connectivity index (χ1n) is 36.7. The molecule has 0 saturated heterocycles. The second-order valence-electron chi connectivity index (χ2n) is 25.5. The summed E-state index contributed by atoms with van der Waals surface area (Å²) in [4.78, 5) is 37.7. The van der Waals surface area contributed by atoms with Crippen molar-refractivity contribution < 1.29 is 42.9 Å². The fraction of sp³-hybridized carbons (Fsp3) is 0.713. The fourth-order valence-corrected chi connectivity index (χ4v) is 10.1. The molecule has 0 aliphatic heterocycles. The highest BCUT2D eigenvalue weighted by Gasteiger charge is 2.25. The van der Waals surface area contributed by atoms with Crippen molar-refractivity contribution in [3.63, 3.8) is 0 Å². The number of aliphatic carboxylic acids is 1. The number of likely N-dealkylation sites (N-methyl/N-ethyl adjacent to an activating group) is 1. The van der Waals surface area contributed by atoms with Gasteiger partial charge in [0.2, 0.25) is 0 Å². The van der Waals surface area contributed by atoms with Crippen molar-refractivity contribution in [1.29, 1.82) is 0 Å². The lowest BCUT2D eigenvalue weighted by atomic mass is 10.0. The van der Waals surface area contributed by atoms with Crippen LogP contribution in [0.3, 0.4) is 0 Å². The van der Waals surface area contributed by atoms with Crippen molar-refractivity contribution in [2.75, 3.05) is 47.5 Å². The first kappa shape index (κ1) is 84.7. The van der Waals surface area contributed by atoms with Crippen LogP contribution in [0.2, 0.25) is 0 Å². The minimum atomic E-state index is -1.52. The third-order valence-electron chi connectivity index (χ3n) is 15.7. The van der Waals surface area contributed by atoms with Gasteiger partial charge in [-0.15, -0.1) is 0 Å². The summed E-state index contributed by atoms with van der Waals surface area (Å²) >= 11 is 0. The smallest absolute Gasteiger partial charge is 0.361 e. The van der Waals surface area contributed by atoms with Gasteiger partial charge in [0.1, 0.15) is 13.2 Å². The minimum absolute atomic E-state index is 0.184. The Bertz CT molecular complexity index is 1880. The molecular weight excluding hydrogens is 1100 g/mol. The molecule has 0 aliphatic rings. The van der Waals surface area contributed by atoms with Crippen LogP contribution in [0.25, 0.3) is 0 Å². The van der Waals surface area contributed by atoms with E-state index in [0.29, 0.717) is 23.9 Å². The summed E-state index contributed by atoms with van der Waals surface area (Å²) in [5.74, 6) is -2.00. The van der Waals surface area contributed by atoms with Gasteiger partial charge in [0.15, 0.2) is 6.10 Å². The number of allylic oxidation sites excluding steroid dienone is 20. The van der Waals surface area contributed by atoms with E-state index in [1.807, 2.05) is 21.1 Å². The average Bonchev–Trinajstić information content (AvgIpc) is 3.64. The van der Waals surface area contributed by atoms with Crippen molar-refractivity contribution in [1.82, 2.24) is 0 Å². The molecule has 0 aromatic rings. The molecule has 2 atom stereocenters. The molecule has 2 unspecified atom stereocenters. The Morgan fingerprint density at radius 1 is 0.348 bits per heavy atom. The molecule has 0 aromatic carbocycles. The molecule has 510 valence electrons. The maximum absolute atomic E-state index is 13.0. The molecule has 0 aliphatic carbocycles. The monoisotopic (exact) mass is 1240 g/mol. The Morgan fingerprint density at radius 2 is 0.640 bits per heavy atom. The van der Waals surface area contributed by atoms with Gasteiger partial charge in [0, 0.05) is 12.8 Å². The predicted molar refractivity (Wildman–Crippen MR) is 382 cm³/mol. The lowest BCUT2D eigenvalue weighted by molar-refractivity contribution is -0.870. The van der Waals surface area contributed by atoms with Gasteiger partial charge in [-0.2, -0.15) is 0 Å². The quantitative estimate of drug-likeness (QED) is 0.0211. The van der Waals surface area contributed by atoms with E-state index in [1.54, 1.807) is 0 Å². The maximum atomic E-state index is 13.0. The highest BCUT2D eigenvalue weighted by atomic mass is 16.7. The lowest BCUT2D eigenvalue weighted by Gasteiger charge is -2.25. The lowest BCUT2D eigenvalue weighted by Crippen LogP contribution is -2.40. The largest absolute Gasteiger partial charge is 0.477 e. The Kier molecular flexibility index (Phi) is 66.2. The Balaban J connectivity index is 4.09. The van der Waals surface area contributed by atoms with Crippen LogP contribution in [0.5, 0.6) is 0 Å². The Labute approximate surface area is 548 Å². The summed E-state index contributed by atoms with van der Waals surface area (Å²) in [6.07, 6.45) is 96.0.